The minimum Gasteiger partial charge on any atom is -0.384 e. The van der Waals surface area contributed by atoms with Crippen LogP contribution in [0.2, 0.25) is 0 Å². The summed E-state index contributed by atoms with van der Waals surface area (Å²) in [5.74, 6) is -0.501. The molecule has 120 valence electrons. The Morgan fingerprint density at radius 1 is 1.10 bits per heavy atom. The van der Waals surface area contributed by atoms with E-state index in [2.05, 4.69) is 6.92 Å². The first kappa shape index (κ1) is 14.4. The molecule has 0 radical (unpaired) electrons. The first-order valence-electron chi connectivity index (χ1n) is 7.90. The van der Waals surface area contributed by atoms with E-state index in [1.165, 1.54) is 0 Å². The zero-order valence-electron chi connectivity index (χ0n) is 12.7. The quantitative estimate of drug-likeness (QED) is 0.657. The van der Waals surface area contributed by atoms with Gasteiger partial charge in [-0.05, 0) is 44.9 Å². The van der Waals surface area contributed by atoms with Gasteiger partial charge in [0.25, 0.3) is 0 Å². The average Bonchev–Trinajstić information content (AvgIpc) is 2.63. The molecule has 1 spiro atoms. The Balaban J connectivity index is 1.85. The van der Waals surface area contributed by atoms with Gasteiger partial charge in [-0.3, -0.25) is 0 Å². The second-order valence-electron chi connectivity index (χ2n) is 7.57. The summed E-state index contributed by atoms with van der Waals surface area (Å²) in [6.45, 7) is 5.65. The van der Waals surface area contributed by atoms with Crippen molar-refractivity contribution < 1.29 is 29.5 Å². The van der Waals surface area contributed by atoms with Crippen molar-refractivity contribution in [3.05, 3.63) is 0 Å². The summed E-state index contributed by atoms with van der Waals surface area (Å²) >= 11 is 0. The summed E-state index contributed by atoms with van der Waals surface area (Å²) in [6, 6.07) is 0. The second kappa shape index (κ2) is 4.19. The van der Waals surface area contributed by atoms with Crippen molar-refractivity contribution in [3.8, 4) is 0 Å². The number of hydrogen-bond acceptors (Lipinski definition) is 6. The standard InChI is InChI=1S/C15H24O6/c1-8-4-5-10-14(3,17)11(16)18-12-15(10)9(8)6-7-13(2,19-12)20-21-15/h8-12,16-17H,4-7H2,1-3H3/t8-,9?,10+,11?,12-,13+,14-,15-/m1/s1. The van der Waals surface area contributed by atoms with Gasteiger partial charge in [0.15, 0.2) is 18.2 Å². The molecule has 0 aromatic carbocycles. The van der Waals surface area contributed by atoms with E-state index >= 15 is 0 Å². The predicted octanol–water partition coefficient (Wildman–Crippen LogP) is 1.30. The molecule has 5 rings (SSSR count). The van der Waals surface area contributed by atoms with Gasteiger partial charge >= 0.3 is 0 Å². The molecule has 1 saturated carbocycles. The maximum absolute atomic E-state index is 10.8. The Morgan fingerprint density at radius 2 is 1.86 bits per heavy atom. The smallest absolute Gasteiger partial charge is 0.201 e. The minimum atomic E-state index is -1.38. The second-order valence-corrected chi connectivity index (χ2v) is 7.57. The Morgan fingerprint density at radius 3 is 2.62 bits per heavy atom. The Hall–Kier alpha value is -0.240. The Kier molecular flexibility index (Phi) is 2.86. The van der Waals surface area contributed by atoms with Crippen molar-refractivity contribution in [1.82, 2.24) is 0 Å². The Bertz CT molecular complexity index is 453. The molecular weight excluding hydrogens is 276 g/mol. The highest BCUT2D eigenvalue weighted by atomic mass is 17.3. The maximum atomic E-state index is 10.8. The van der Waals surface area contributed by atoms with E-state index in [9.17, 15) is 10.2 Å². The number of fused-ring (bicyclic) bond motifs is 2. The van der Waals surface area contributed by atoms with Gasteiger partial charge in [0.2, 0.25) is 5.79 Å². The number of hydrogen-bond donors (Lipinski definition) is 2. The highest BCUT2D eigenvalue weighted by Crippen LogP contribution is 2.61. The van der Waals surface area contributed by atoms with Gasteiger partial charge in [0, 0.05) is 12.3 Å². The molecule has 0 aromatic rings. The van der Waals surface area contributed by atoms with Crippen molar-refractivity contribution in [1.29, 1.82) is 0 Å². The number of rotatable bonds is 0. The summed E-state index contributed by atoms with van der Waals surface area (Å²) in [5, 5.41) is 21.0. The lowest BCUT2D eigenvalue weighted by Crippen LogP contribution is -2.75. The van der Waals surface area contributed by atoms with Crippen LogP contribution in [0.25, 0.3) is 0 Å². The van der Waals surface area contributed by atoms with Crippen molar-refractivity contribution >= 4 is 0 Å². The molecule has 5 aliphatic rings. The zero-order valence-corrected chi connectivity index (χ0v) is 12.7. The van der Waals surface area contributed by atoms with Crippen LogP contribution in [-0.4, -0.2) is 39.8 Å². The van der Waals surface area contributed by atoms with E-state index in [4.69, 9.17) is 19.2 Å². The van der Waals surface area contributed by atoms with E-state index in [0.29, 0.717) is 12.3 Å². The van der Waals surface area contributed by atoms with Crippen LogP contribution in [-0.2, 0) is 19.2 Å². The van der Waals surface area contributed by atoms with E-state index in [1.807, 2.05) is 6.92 Å². The predicted molar refractivity (Wildman–Crippen MR) is 70.5 cm³/mol. The fourth-order valence-corrected chi connectivity index (χ4v) is 4.89. The van der Waals surface area contributed by atoms with E-state index in [-0.39, 0.29) is 11.8 Å². The lowest BCUT2D eigenvalue weighted by molar-refractivity contribution is -0.583. The molecule has 2 unspecified atom stereocenters. The van der Waals surface area contributed by atoms with Crippen LogP contribution in [0.1, 0.15) is 46.5 Å². The van der Waals surface area contributed by atoms with Crippen LogP contribution < -0.4 is 0 Å². The summed E-state index contributed by atoms with van der Waals surface area (Å²) in [7, 11) is 0. The third-order valence-electron chi connectivity index (χ3n) is 6.18. The molecule has 0 aromatic heterocycles. The number of aliphatic hydroxyl groups excluding tert-OH is 1. The summed E-state index contributed by atoms with van der Waals surface area (Å²) in [6.07, 6.45) is 1.39. The number of aliphatic hydroxyl groups is 2. The normalized spacial score (nSPS) is 63.0. The van der Waals surface area contributed by atoms with Gasteiger partial charge in [-0.1, -0.05) is 6.92 Å². The molecule has 6 nitrogen and oxygen atoms in total. The van der Waals surface area contributed by atoms with E-state index < -0.39 is 29.6 Å². The molecule has 2 bridgehead atoms. The molecule has 6 heteroatoms. The first-order chi connectivity index (χ1) is 9.80. The van der Waals surface area contributed by atoms with E-state index in [0.717, 1.165) is 19.3 Å². The molecular formula is C15H24O6. The van der Waals surface area contributed by atoms with Gasteiger partial charge in [0.1, 0.15) is 5.60 Å². The minimum absolute atomic E-state index is 0.185. The van der Waals surface area contributed by atoms with Crippen molar-refractivity contribution in [2.45, 2.75) is 76.0 Å². The summed E-state index contributed by atoms with van der Waals surface area (Å²) < 4.78 is 11.6. The molecule has 5 fully saturated rings. The molecule has 2 N–H and O–H groups in total. The van der Waals surface area contributed by atoms with Crippen LogP contribution in [0.4, 0.5) is 0 Å². The summed E-state index contributed by atoms with van der Waals surface area (Å²) in [5.41, 5.74) is -2.21. The molecule has 1 aliphatic carbocycles. The van der Waals surface area contributed by atoms with E-state index in [1.54, 1.807) is 6.92 Å². The summed E-state index contributed by atoms with van der Waals surface area (Å²) in [4.78, 5) is 11.5. The topological polar surface area (TPSA) is 77.4 Å². The van der Waals surface area contributed by atoms with Gasteiger partial charge in [-0.15, -0.1) is 0 Å². The molecule has 4 saturated heterocycles. The molecule has 4 aliphatic heterocycles. The SMILES string of the molecule is C[C@@H]1CC[C@@H]2[C@]34OO[C@@](C)(CCC13)O[C@H]4OC(O)[C@]2(C)O. The Labute approximate surface area is 124 Å². The monoisotopic (exact) mass is 300 g/mol. The first-order valence-corrected chi connectivity index (χ1v) is 7.90. The van der Waals surface area contributed by atoms with Crippen LogP contribution in [0.5, 0.6) is 0 Å². The molecule has 0 amide bonds. The molecule has 8 atom stereocenters. The molecule has 4 heterocycles. The van der Waals surface area contributed by atoms with Gasteiger partial charge in [-0.25, -0.2) is 9.78 Å². The largest absolute Gasteiger partial charge is 0.384 e. The fourth-order valence-electron chi connectivity index (χ4n) is 4.89. The zero-order chi connectivity index (χ0) is 15.0. The van der Waals surface area contributed by atoms with Crippen LogP contribution in [0, 0.1) is 17.8 Å². The highest BCUT2D eigenvalue weighted by Gasteiger charge is 2.72. The number of ether oxygens (including phenoxy) is 2. The van der Waals surface area contributed by atoms with Gasteiger partial charge in [-0.2, -0.15) is 0 Å². The lowest BCUT2D eigenvalue weighted by Gasteiger charge is -2.61. The van der Waals surface area contributed by atoms with Gasteiger partial charge < -0.3 is 19.7 Å². The lowest BCUT2D eigenvalue weighted by atomic mass is 9.57. The van der Waals surface area contributed by atoms with Gasteiger partial charge in [0.05, 0.1) is 0 Å². The third-order valence-corrected chi connectivity index (χ3v) is 6.18. The van der Waals surface area contributed by atoms with Crippen LogP contribution in [0.15, 0.2) is 0 Å². The van der Waals surface area contributed by atoms with Crippen molar-refractivity contribution in [3.63, 3.8) is 0 Å². The highest BCUT2D eigenvalue weighted by molar-refractivity contribution is 5.13. The maximum Gasteiger partial charge on any atom is 0.201 e. The van der Waals surface area contributed by atoms with Crippen LogP contribution in [0.3, 0.4) is 0 Å². The van der Waals surface area contributed by atoms with Crippen molar-refractivity contribution in [2.24, 2.45) is 17.8 Å². The third kappa shape index (κ3) is 1.69. The van der Waals surface area contributed by atoms with Crippen molar-refractivity contribution in [2.75, 3.05) is 0 Å². The average molecular weight is 300 g/mol. The molecule has 21 heavy (non-hydrogen) atoms. The van der Waals surface area contributed by atoms with Crippen LogP contribution >= 0.6 is 0 Å². The fraction of sp³-hybridized carbons (Fsp3) is 1.00.